The molecule has 0 amide bonds. The Balaban J connectivity index is 1.29. The summed E-state index contributed by atoms with van der Waals surface area (Å²) in [5.74, 6) is 0.912. The van der Waals surface area contributed by atoms with Crippen molar-refractivity contribution in [3.8, 4) is 17.0 Å². The lowest BCUT2D eigenvalue weighted by Gasteiger charge is -2.25. The van der Waals surface area contributed by atoms with Gasteiger partial charge in [0.1, 0.15) is 18.1 Å². The van der Waals surface area contributed by atoms with Crippen molar-refractivity contribution in [1.29, 1.82) is 0 Å². The van der Waals surface area contributed by atoms with Crippen LogP contribution in [0.15, 0.2) is 48.5 Å². The molecule has 3 aromatic rings. The number of nitrogens with zero attached hydrogens (tertiary/aromatic N) is 2. The summed E-state index contributed by atoms with van der Waals surface area (Å²) in [5, 5.41) is 5.54. The Labute approximate surface area is 205 Å². The number of halogens is 1. The molecular formula is C27H31ClN2O4. The molecule has 2 aliphatic rings. The molecule has 1 aliphatic heterocycles. The van der Waals surface area contributed by atoms with Crippen molar-refractivity contribution >= 4 is 11.6 Å². The number of hydrogen-bond acceptors (Lipinski definition) is 5. The van der Waals surface area contributed by atoms with Crippen molar-refractivity contribution < 1.29 is 19.0 Å². The van der Waals surface area contributed by atoms with Gasteiger partial charge >= 0.3 is 0 Å². The van der Waals surface area contributed by atoms with E-state index in [2.05, 4.69) is 6.07 Å². The van der Waals surface area contributed by atoms with E-state index in [1.54, 1.807) is 12.0 Å². The van der Waals surface area contributed by atoms with Crippen molar-refractivity contribution in [3.63, 3.8) is 0 Å². The Bertz CT molecular complexity index is 1090. The van der Waals surface area contributed by atoms with Crippen LogP contribution in [0.3, 0.4) is 0 Å². The average Bonchev–Trinajstić information content (AvgIpc) is 3.40. The molecule has 1 unspecified atom stereocenters. The summed E-state index contributed by atoms with van der Waals surface area (Å²) < 4.78 is 17.5. The quantitative estimate of drug-likeness (QED) is 0.388. The summed E-state index contributed by atoms with van der Waals surface area (Å²) in [6.07, 6.45) is 6.54. The molecule has 1 fully saturated rings. The number of para-hydroxylation sites is 1. The molecule has 1 aliphatic carbocycles. The van der Waals surface area contributed by atoms with Gasteiger partial charge in [-0.3, -0.25) is 0 Å². The van der Waals surface area contributed by atoms with Crippen LogP contribution in [0.25, 0.3) is 11.3 Å². The second-order valence-corrected chi connectivity index (χ2v) is 9.30. The Morgan fingerprint density at radius 1 is 1.09 bits per heavy atom. The molecule has 2 heterocycles. The zero-order valence-electron chi connectivity index (χ0n) is 19.5. The number of methoxy groups -OCH3 is 1. The Morgan fingerprint density at radius 2 is 1.94 bits per heavy atom. The number of rotatable bonds is 9. The van der Waals surface area contributed by atoms with Crippen molar-refractivity contribution in [3.05, 3.63) is 70.4 Å². The lowest BCUT2D eigenvalue weighted by Crippen LogP contribution is -2.28. The minimum atomic E-state index is -0.0971. The van der Waals surface area contributed by atoms with Gasteiger partial charge < -0.3 is 19.0 Å². The summed E-state index contributed by atoms with van der Waals surface area (Å²) in [5.41, 5.74) is 5.43. The third-order valence-corrected chi connectivity index (χ3v) is 6.74. The second-order valence-electron chi connectivity index (χ2n) is 8.86. The smallest absolute Gasteiger partial charge is 0.157 e. The number of ether oxygens (including phenoxy) is 3. The normalized spacial score (nSPS) is 19.7. The van der Waals surface area contributed by atoms with Crippen molar-refractivity contribution in [2.24, 2.45) is 0 Å². The number of fused-ring (bicyclic) bond motifs is 1. The third-order valence-electron chi connectivity index (χ3n) is 6.49. The predicted molar refractivity (Wildman–Crippen MR) is 131 cm³/mol. The summed E-state index contributed by atoms with van der Waals surface area (Å²) >= 11 is 6.15. The molecular weight excluding hydrogens is 452 g/mol. The Morgan fingerprint density at radius 3 is 2.74 bits per heavy atom. The van der Waals surface area contributed by atoms with Crippen molar-refractivity contribution in [2.75, 3.05) is 20.3 Å². The van der Waals surface area contributed by atoms with Gasteiger partial charge in [0.15, 0.2) is 6.29 Å². The summed E-state index contributed by atoms with van der Waals surface area (Å²) in [4.78, 5) is 7.86. The van der Waals surface area contributed by atoms with Crippen LogP contribution >= 0.6 is 11.6 Å². The number of aryl methyl sites for hydroxylation is 1. The van der Waals surface area contributed by atoms with Gasteiger partial charge in [0.25, 0.3) is 0 Å². The molecule has 0 saturated carbocycles. The minimum Gasteiger partial charge on any atom is -0.496 e. The van der Waals surface area contributed by atoms with Gasteiger partial charge in [0, 0.05) is 35.6 Å². The highest BCUT2D eigenvalue weighted by Gasteiger charge is 2.33. The summed E-state index contributed by atoms with van der Waals surface area (Å²) in [6, 6.07) is 16.0. The molecule has 5 rings (SSSR count). The van der Waals surface area contributed by atoms with E-state index < -0.39 is 0 Å². The second kappa shape index (κ2) is 10.8. The molecule has 0 bridgehead atoms. The maximum atomic E-state index is 6.27. The minimum absolute atomic E-state index is 0.0897. The highest BCUT2D eigenvalue weighted by atomic mass is 35.5. The summed E-state index contributed by atoms with van der Waals surface area (Å²) in [6.45, 7) is 1.34. The van der Waals surface area contributed by atoms with E-state index in [0.717, 1.165) is 74.3 Å². The first-order valence-corrected chi connectivity index (χ1v) is 12.5. The third kappa shape index (κ3) is 5.24. The van der Waals surface area contributed by atoms with E-state index in [9.17, 15) is 0 Å². The lowest BCUT2D eigenvalue weighted by molar-refractivity contribution is -0.185. The molecule has 1 saturated heterocycles. The van der Waals surface area contributed by atoms with Gasteiger partial charge in [0.05, 0.1) is 18.9 Å². The lowest BCUT2D eigenvalue weighted by atomic mass is 10.1. The van der Waals surface area contributed by atoms with Gasteiger partial charge in [-0.1, -0.05) is 46.8 Å². The van der Waals surface area contributed by atoms with Crippen LogP contribution in [0.1, 0.15) is 42.5 Å². The first kappa shape index (κ1) is 23.2. The van der Waals surface area contributed by atoms with E-state index in [0.29, 0.717) is 11.6 Å². The Kier molecular flexibility index (Phi) is 7.38. The molecule has 0 radical (unpaired) electrons. The van der Waals surface area contributed by atoms with Crippen LogP contribution in [-0.2, 0) is 28.7 Å². The Hall–Kier alpha value is -2.54. The van der Waals surface area contributed by atoms with Crippen LogP contribution in [0, 0.1) is 0 Å². The maximum Gasteiger partial charge on any atom is 0.157 e. The molecule has 180 valence electrons. The molecule has 0 spiro atoms. The zero-order valence-corrected chi connectivity index (χ0v) is 20.3. The van der Waals surface area contributed by atoms with Crippen LogP contribution in [0.5, 0.6) is 5.75 Å². The molecule has 6 nitrogen and oxygen atoms in total. The van der Waals surface area contributed by atoms with E-state index >= 15 is 0 Å². The average molecular weight is 483 g/mol. The van der Waals surface area contributed by atoms with Gasteiger partial charge in [0.2, 0.25) is 0 Å². The molecule has 0 N–H and O–H groups in total. The van der Waals surface area contributed by atoms with Crippen molar-refractivity contribution in [2.45, 2.75) is 57.3 Å². The van der Waals surface area contributed by atoms with Crippen LogP contribution in [0.4, 0.5) is 0 Å². The number of aromatic nitrogens is 2. The first-order chi connectivity index (χ1) is 16.7. The molecule has 2 atom stereocenters. The standard InChI is InChI=1S/C27H31ClN2O4/c1-31-25-9-3-2-7-19(25)8-6-16-33-30-27(20-11-13-21(28)14-12-20)23-17-22(18-24(23)29-30)34-26-10-4-5-15-32-26/h2-3,7,9,11-14,22,26H,4-6,8,10,15-18H2,1H3/t22-,26?/m0/s1. The van der Waals surface area contributed by atoms with E-state index in [1.807, 2.05) is 42.5 Å². The van der Waals surface area contributed by atoms with Crippen molar-refractivity contribution in [1.82, 2.24) is 9.94 Å². The fourth-order valence-electron chi connectivity index (χ4n) is 4.80. The first-order valence-electron chi connectivity index (χ1n) is 12.1. The largest absolute Gasteiger partial charge is 0.496 e. The summed E-state index contributed by atoms with van der Waals surface area (Å²) in [7, 11) is 1.70. The molecule has 1 aromatic heterocycles. The van der Waals surface area contributed by atoms with Gasteiger partial charge in [-0.15, -0.1) is 5.10 Å². The van der Waals surface area contributed by atoms with Crippen LogP contribution in [0.2, 0.25) is 5.02 Å². The highest BCUT2D eigenvalue weighted by molar-refractivity contribution is 6.30. The monoisotopic (exact) mass is 482 g/mol. The number of hydrogen-bond donors (Lipinski definition) is 0. The van der Waals surface area contributed by atoms with E-state index in [1.165, 1.54) is 11.1 Å². The topological polar surface area (TPSA) is 54.7 Å². The molecule has 34 heavy (non-hydrogen) atoms. The van der Waals surface area contributed by atoms with E-state index in [-0.39, 0.29) is 12.4 Å². The van der Waals surface area contributed by atoms with Gasteiger partial charge in [-0.05, 0) is 55.9 Å². The van der Waals surface area contributed by atoms with Crippen LogP contribution < -0.4 is 9.57 Å². The zero-order chi connectivity index (χ0) is 23.3. The van der Waals surface area contributed by atoms with Gasteiger partial charge in [-0.2, -0.15) is 0 Å². The van der Waals surface area contributed by atoms with Gasteiger partial charge in [-0.25, -0.2) is 0 Å². The molecule has 2 aromatic carbocycles. The number of benzene rings is 2. The molecule has 7 heteroatoms. The maximum absolute atomic E-state index is 6.27. The van der Waals surface area contributed by atoms with E-state index in [4.69, 9.17) is 35.7 Å². The fraction of sp³-hybridized carbons (Fsp3) is 0.444. The highest BCUT2D eigenvalue weighted by Crippen LogP contribution is 2.35. The van der Waals surface area contributed by atoms with Crippen LogP contribution in [-0.4, -0.2) is 42.7 Å². The SMILES string of the molecule is COc1ccccc1CCCOn1nc2c(c1-c1ccc(Cl)cc1)C[C@H](OC1CCCCO1)C2. The fourth-order valence-corrected chi connectivity index (χ4v) is 4.93. The predicted octanol–water partition coefficient (Wildman–Crippen LogP) is 5.28.